The Morgan fingerprint density at radius 3 is 2.62 bits per heavy atom. The molecule has 0 atom stereocenters. The Morgan fingerprint density at radius 1 is 1.19 bits per heavy atom. The van der Waals surface area contributed by atoms with E-state index < -0.39 is 5.66 Å². The zero-order valence-corrected chi connectivity index (χ0v) is 13.1. The molecular weight excluding hydrogens is 337 g/mol. The highest BCUT2D eigenvalue weighted by Gasteiger charge is 2.43. The standard InChI is InChI=1S/C14H17BrFN5/c15-10-5-4-9(16)8-11(10)21-13(18)19-12(17)20-14(21)6-2-1-3-7-14/h4-5,8H,1-3,6-7H2,(H4,17,18,19,20). The van der Waals surface area contributed by atoms with E-state index in [0.29, 0.717) is 5.69 Å². The summed E-state index contributed by atoms with van der Waals surface area (Å²) in [6.45, 7) is 0. The Balaban J connectivity index is 2.13. The van der Waals surface area contributed by atoms with Crippen LogP contribution in [0.2, 0.25) is 0 Å². The summed E-state index contributed by atoms with van der Waals surface area (Å²) >= 11 is 3.46. The molecule has 1 spiro atoms. The van der Waals surface area contributed by atoms with Crippen molar-refractivity contribution in [3.63, 3.8) is 0 Å². The van der Waals surface area contributed by atoms with E-state index in [4.69, 9.17) is 11.5 Å². The van der Waals surface area contributed by atoms with Gasteiger partial charge in [0, 0.05) is 4.47 Å². The Labute approximate surface area is 131 Å². The minimum Gasteiger partial charge on any atom is -0.369 e. The van der Waals surface area contributed by atoms with Crippen molar-refractivity contribution in [2.75, 3.05) is 4.90 Å². The van der Waals surface area contributed by atoms with Crippen molar-refractivity contribution in [2.24, 2.45) is 21.5 Å². The second-order valence-electron chi connectivity index (χ2n) is 5.41. The van der Waals surface area contributed by atoms with Gasteiger partial charge in [0.15, 0.2) is 0 Å². The summed E-state index contributed by atoms with van der Waals surface area (Å²) < 4.78 is 14.4. The molecule has 1 aromatic rings. The van der Waals surface area contributed by atoms with Crippen molar-refractivity contribution in [3.8, 4) is 0 Å². The first kappa shape index (κ1) is 14.3. The first-order chi connectivity index (χ1) is 10.0. The average Bonchev–Trinajstić information content (AvgIpc) is 2.42. The zero-order chi connectivity index (χ0) is 15.0. The third-order valence-corrected chi connectivity index (χ3v) is 4.67. The lowest BCUT2D eigenvalue weighted by molar-refractivity contribution is 0.305. The number of hydrogen-bond acceptors (Lipinski definition) is 5. The second kappa shape index (κ2) is 5.29. The van der Waals surface area contributed by atoms with Crippen LogP contribution in [-0.2, 0) is 0 Å². The predicted molar refractivity (Wildman–Crippen MR) is 85.6 cm³/mol. The molecule has 1 aromatic carbocycles. The lowest BCUT2D eigenvalue weighted by atomic mass is 9.87. The average molecular weight is 354 g/mol. The van der Waals surface area contributed by atoms with E-state index in [1.54, 1.807) is 6.07 Å². The van der Waals surface area contributed by atoms with Crippen LogP contribution in [-0.4, -0.2) is 17.6 Å². The SMILES string of the molecule is NC1=NC2(CCCCC2)N(c2cc(F)ccc2Br)C(N)=N1. The molecular formula is C14H17BrFN5. The molecule has 1 heterocycles. The molecule has 0 bridgehead atoms. The molecule has 1 saturated carbocycles. The molecule has 1 fully saturated rings. The Kier molecular flexibility index (Phi) is 3.61. The van der Waals surface area contributed by atoms with Gasteiger partial charge in [-0.25, -0.2) is 9.38 Å². The van der Waals surface area contributed by atoms with Gasteiger partial charge in [0.05, 0.1) is 5.69 Å². The minimum absolute atomic E-state index is 0.193. The van der Waals surface area contributed by atoms with Gasteiger partial charge >= 0.3 is 0 Å². The van der Waals surface area contributed by atoms with Crippen LogP contribution in [0.1, 0.15) is 32.1 Å². The van der Waals surface area contributed by atoms with Crippen molar-refractivity contribution >= 4 is 33.5 Å². The monoisotopic (exact) mass is 353 g/mol. The van der Waals surface area contributed by atoms with Gasteiger partial charge < -0.3 is 11.5 Å². The lowest BCUT2D eigenvalue weighted by Gasteiger charge is -2.45. The molecule has 0 saturated heterocycles. The number of rotatable bonds is 1. The number of aliphatic imine (C=N–C) groups is 2. The minimum atomic E-state index is -0.551. The molecule has 0 amide bonds. The van der Waals surface area contributed by atoms with Crippen LogP contribution >= 0.6 is 15.9 Å². The largest absolute Gasteiger partial charge is 0.369 e. The molecule has 7 heteroatoms. The highest BCUT2D eigenvalue weighted by atomic mass is 79.9. The zero-order valence-electron chi connectivity index (χ0n) is 11.5. The third-order valence-electron chi connectivity index (χ3n) is 4.00. The molecule has 1 aliphatic heterocycles. The number of anilines is 1. The number of nitrogens with two attached hydrogens (primary N) is 2. The van der Waals surface area contributed by atoms with Gasteiger partial charge in [-0.15, -0.1) is 0 Å². The maximum atomic E-state index is 13.7. The van der Waals surface area contributed by atoms with Crippen molar-refractivity contribution in [3.05, 3.63) is 28.5 Å². The molecule has 1 aliphatic carbocycles. The van der Waals surface area contributed by atoms with Crippen LogP contribution in [0, 0.1) is 5.82 Å². The number of benzene rings is 1. The molecule has 0 radical (unpaired) electrons. The highest BCUT2D eigenvalue weighted by Crippen LogP contribution is 2.41. The molecule has 0 aromatic heterocycles. The smallest absolute Gasteiger partial charge is 0.220 e. The van der Waals surface area contributed by atoms with Crippen LogP contribution in [0.25, 0.3) is 0 Å². The molecule has 5 nitrogen and oxygen atoms in total. The molecule has 2 aliphatic rings. The number of nitrogens with zero attached hydrogens (tertiary/aromatic N) is 3. The van der Waals surface area contributed by atoms with Crippen molar-refractivity contribution in [2.45, 2.75) is 37.8 Å². The number of halogens is 2. The Hall–Kier alpha value is -1.63. The predicted octanol–water partition coefficient (Wildman–Crippen LogP) is 2.70. The van der Waals surface area contributed by atoms with E-state index in [2.05, 4.69) is 25.9 Å². The fourth-order valence-corrected chi connectivity index (χ4v) is 3.55. The van der Waals surface area contributed by atoms with E-state index >= 15 is 0 Å². The van der Waals surface area contributed by atoms with E-state index in [-0.39, 0.29) is 17.7 Å². The van der Waals surface area contributed by atoms with Gasteiger partial charge in [-0.1, -0.05) is 6.42 Å². The highest BCUT2D eigenvalue weighted by molar-refractivity contribution is 9.10. The summed E-state index contributed by atoms with van der Waals surface area (Å²) in [6, 6.07) is 4.51. The summed E-state index contributed by atoms with van der Waals surface area (Å²) in [5, 5.41) is 0. The van der Waals surface area contributed by atoms with E-state index in [1.807, 2.05) is 4.90 Å². The van der Waals surface area contributed by atoms with Crippen molar-refractivity contribution in [1.29, 1.82) is 0 Å². The summed E-state index contributed by atoms with van der Waals surface area (Å²) in [5.41, 5.74) is 12.0. The van der Waals surface area contributed by atoms with Crippen LogP contribution in [0.3, 0.4) is 0 Å². The lowest BCUT2D eigenvalue weighted by Crippen LogP contribution is -2.58. The molecule has 21 heavy (non-hydrogen) atoms. The summed E-state index contributed by atoms with van der Waals surface area (Å²) in [6.07, 6.45) is 4.88. The van der Waals surface area contributed by atoms with Crippen LogP contribution in [0.5, 0.6) is 0 Å². The normalized spacial score (nSPS) is 21.1. The van der Waals surface area contributed by atoms with Crippen molar-refractivity contribution < 1.29 is 4.39 Å². The number of hydrogen-bond donors (Lipinski definition) is 2. The fraction of sp³-hybridized carbons (Fsp3) is 0.429. The van der Waals surface area contributed by atoms with E-state index in [1.165, 1.54) is 12.1 Å². The summed E-state index contributed by atoms with van der Waals surface area (Å²) in [5.74, 6) is 0.128. The summed E-state index contributed by atoms with van der Waals surface area (Å²) in [4.78, 5) is 10.4. The maximum Gasteiger partial charge on any atom is 0.220 e. The van der Waals surface area contributed by atoms with Crippen LogP contribution < -0.4 is 16.4 Å². The molecule has 3 rings (SSSR count). The summed E-state index contributed by atoms with van der Waals surface area (Å²) in [7, 11) is 0. The molecule has 0 unspecified atom stereocenters. The third kappa shape index (κ3) is 2.50. The fourth-order valence-electron chi connectivity index (χ4n) is 3.13. The van der Waals surface area contributed by atoms with E-state index in [9.17, 15) is 4.39 Å². The first-order valence-corrected chi connectivity index (χ1v) is 7.76. The topological polar surface area (TPSA) is 80.0 Å². The molecule has 4 N–H and O–H groups in total. The van der Waals surface area contributed by atoms with Gasteiger partial charge in [0.2, 0.25) is 11.9 Å². The molecule has 112 valence electrons. The van der Waals surface area contributed by atoms with Crippen LogP contribution in [0.15, 0.2) is 32.7 Å². The number of guanidine groups is 2. The van der Waals surface area contributed by atoms with Gasteiger partial charge in [-0.3, -0.25) is 4.90 Å². The van der Waals surface area contributed by atoms with Gasteiger partial charge in [-0.05, 0) is 59.8 Å². The quantitative estimate of drug-likeness (QED) is 0.814. The van der Waals surface area contributed by atoms with Gasteiger partial charge in [0.25, 0.3) is 0 Å². The van der Waals surface area contributed by atoms with Gasteiger partial charge in [-0.2, -0.15) is 4.99 Å². The Morgan fingerprint density at radius 2 is 1.90 bits per heavy atom. The van der Waals surface area contributed by atoms with E-state index in [0.717, 1.165) is 36.6 Å². The van der Waals surface area contributed by atoms with Gasteiger partial charge in [0.1, 0.15) is 11.5 Å². The first-order valence-electron chi connectivity index (χ1n) is 6.97. The second-order valence-corrected chi connectivity index (χ2v) is 6.27. The Bertz CT molecular complexity index is 622. The van der Waals surface area contributed by atoms with Crippen LogP contribution in [0.4, 0.5) is 10.1 Å². The van der Waals surface area contributed by atoms with Crippen molar-refractivity contribution in [1.82, 2.24) is 0 Å². The maximum absolute atomic E-state index is 13.7.